The molecule has 0 fully saturated rings. The van der Waals surface area contributed by atoms with E-state index in [1.54, 1.807) is 24.3 Å². The van der Waals surface area contributed by atoms with Crippen molar-refractivity contribution in [2.75, 3.05) is 5.32 Å². The number of hydrogen-bond donors (Lipinski definition) is 3. The second-order valence-corrected chi connectivity index (χ2v) is 4.90. The minimum Gasteiger partial charge on any atom is -0.457 e. The summed E-state index contributed by atoms with van der Waals surface area (Å²) in [7, 11) is 0. The Morgan fingerprint density at radius 2 is 1.54 bits per heavy atom. The van der Waals surface area contributed by atoms with E-state index in [4.69, 9.17) is 4.74 Å². The molecule has 0 spiro atoms. The molecule has 0 radical (unpaired) electrons. The Morgan fingerprint density at radius 3 is 2.21 bits per heavy atom. The molecule has 0 atom stereocenters. The first-order valence-corrected chi connectivity index (χ1v) is 7.08. The fourth-order valence-corrected chi connectivity index (χ4v) is 2.02. The summed E-state index contributed by atoms with van der Waals surface area (Å²) in [4.78, 5) is 38.7. The third-order valence-electron chi connectivity index (χ3n) is 3.10. The molecular formula is C17H13N3O4. The number of ether oxygens (including phenoxy) is 1. The zero-order valence-corrected chi connectivity index (χ0v) is 12.4. The molecule has 2 aromatic carbocycles. The van der Waals surface area contributed by atoms with Gasteiger partial charge in [0, 0.05) is 11.8 Å². The molecular weight excluding hydrogens is 310 g/mol. The van der Waals surface area contributed by atoms with Crippen molar-refractivity contribution in [2.24, 2.45) is 0 Å². The molecule has 0 aliphatic carbocycles. The molecule has 0 bridgehead atoms. The van der Waals surface area contributed by atoms with E-state index in [1.165, 1.54) is 0 Å². The van der Waals surface area contributed by atoms with E-state index in [0.29, 0.717) is 17.2 Å². The maximum absolute atomic E-state index is 12.0. The van der Waals surface area contributed by atoms with Crippen molar-refractivity contribution < 1.29 is 9.53 Å². The van der Waals surface area contributed by atoms with Crippen LogP contribution in [0.25, 0.3) is 0 Å². The van der Waals surface area contributed by atoms with Gasteiger partial charge in [0.25, 0.3) is 11.5 Å². The van der Waals surface area contributed by atoms with Gasteiger partial charge in [-0.15, -0.1) is 0 Å². The molecule has 1 amide bonds. The summed E-state index contributed by atoms with van der Waals surface area (Å²) in [5, 5.41) is 2.59. The van der Waals surface area contributed by atoms with Gasteiger partial charge in [0.05, 0.1) is 0 Å². The van der Waals surface area contributed by atoms with Crippen molar-refractivity contribution >= 4 is 11.6 Å². The zero-order valence-electron chi connectivity index (χ0n) is 12.4. The van der Waals surface area contributed by atoms with Gasteiger partial charge in [-0.1, -0.05) is 18.2 Å². The van der Waals surface area contributed by atoms with Crippen LogP contribution >= 0.6 is 0 Å². The molecule has 0 saturated heterocycles. The van der Waals surface area contributed by atoms with E-state index >= 15 is 0 Å². The van der Waals surface area contributed by atoms with Crippen molar-refractivity contribution in [3.05, 3.63) is 87.2 Å². The monoisotopic (exact) mass is 323 g/mol. The number of aromatic nitrogens is 2. The Balaban J connectivity index is 1.71. The van der Waals surface area contributed by atoms with E-state index in [2.05, 4.69) is 10.3 Å². The van der Waals surface area contributed by atoms with E-state index in [9.17, 15) is 14.4 Å². The summed E-state index contributed by atoms with van der Waals surface area (Å²) in [6.07, 6.45) is 0. The first kappa shape index (κ1) is 15.3. The molecule has 1 heterocycles. The average molecular weight is 323 g/mol. The van der Waals surface area contributed by atoms with Crippen molar-refractivity contribution in [3.63, 3.8) is 0 Å². The highest BCUT2D eigenvalue weighted by Gasteiger charge is 2.08. The third kappa shape index (κ3) is 3.77. The molecule has 7 nitrogen and oxygen atoms in total. The van der Waals surface area contributed by atoms with Crippen LogP contribution in [0.3, 0.4) is 0 Å². The normalized spacial score (nSPS) is 10.2. The van der Waals surface area contributed by atoms with Gasteiger partial charge in [-0.3, -0.25) is 14.6 Å². The number of aromatic amines is 2. The summed E-state index contributed by atoms with van der Waals surface area (Å²) < 4.78 is 5.65. The highest BCUT2D eigenvalue weighted by atomic mass is 16.5. The highest BCUT2D eigenvalue weighted by Crippen LogP contribution is 2.22. The number of H-pyrrole nitrogens is 2. The molecule has 3 rings (SSSR count). The molecule has 3 aromatic rings. The van der Waals surface area contributed by atoms with Gasteiger partial charge >= 0.3 is 5.69 Å². The van der Waals surface area contributed by atoms with Gasteiger partial charge in [0.15, 0.2) is 0 Å². The van der Waals surface area contributed by atoms with Crippen LogP contribution in [0, 0.1) is 0 Å². The maximum atomic E-state index is 12.0. The number of anilines is 1. The summed E-state index contributed by atoms with van der Waals surface area (Å²) in [6.45, 7) is 0. The maximum Gasteiger partial charge on any atom is 0.326 e. The minimum absolute atomic E-state index is 0.117. The molecule has 1 aromatic heterocycles. The molecule has 3 N–H and O–H groups in total. The first-order valence-electron chi connectivity index (χ1n) is 7.08. The van der Waals surface area contributed by atoms with Crippen molar-refractivity contribution in [3.8, 4) is 11.5 Å². The van der Waals surface area contributed by atoms with Crippen LogP contribution in [0.1, 0.15) is 10.5 Å². The van der Waals surface area contributed by atoms with Crippen LogP contribution in [0.15, 0.2) is 70.3 Å². The number of rotatable bonds is 4. The minimum atomic E-state index is -0.737. The van der Waals surface area contributed by atoms with Crippen LogP contribution in [0.4, 0.5) is 5.69 Å². The number of hydrogen-bond acceptors (Lipinski definition) is 4. The molecule has 0 aliphatic heterocycles. The van der Waals surface area contributed by atoms with Crippen LogP contribution in [0.2, 0.25) is 0 Å². The SMILES string of the molecule is O=C(Nc1ccc(Oc2ccccc2)cc1)c1cc(=O)[nH]c(=O)[nH]1. The topological polar surface area (TPSA) is 104 Å². The first-order chi connectivity index (χ1) is 11.6. The molecule has 0 aliphatic rings. The van der Waals surface area contributed by atoms with Crippen LogP contribution < -0.4 is 21.3 Å². The average Bonchev–Trinajstić information content (AvgIpc) is 2.57. The summed E-state index contributed by atoms with van der Waals surface area (Å²) in [5.74, 6) is 0.731. The fourth-order valence-electron chi connectivity index (χ4n) is 2.02. The summed E-state index contributed by atoms with van der Waals surface area (Å²) in [5.41, 5.74) is -0.996. The van der Waals surface area contributed by atoms with Crippen molar-refractivity contribution in [2.45, 2.75) is 0 Å². The van der Waals surface area contributed by atoms with Crippen LogP contribution in [-0.2, 0) is 0 Å². The lowest BCUT2D eigenvalue weighted by Crippen LogP contribution is -2.27. The standard InChI is InChI=1S/C17H13N3O4/c21-15-10-14(19-17(23)20-15)16(22)18-11-6-8-13(9-7-11)24-12-4-2-1-3-5-12/h1-10H,(H,18,22)(H2,19,20,21,23). The van der Waals surface area contributed by atoms with E-state index in [1.807, 2.05) is 35.3 Å². The summed E-state index contributed by atoms with van der Waals surface area (Å²) in [6, 6.07) is 17.0. The summed E-state index contributed by atoms with van der Waals surface area (Å²) >= 11 is 0. The predicted octanol–water partition coefficient (Wildman–Crippen LogP) is 2.11. The van der Waals surface area contributed by atoms with Crippen LogP contribution in [-0.4, -0.2) is 15.9 Å². The van der Waals surface area contributed by atoms with E-state index < -0.39 is 17.2 Å². The molecule has 7 heteroatoms. The lowest BCUT2D eigenvalue weighted by molar-refractivity contribution is 0.102. The Bertz CT molecular complexity index is 931. The van der Waals surface area contributed by atoms with Crippen LogP contribution in [0.5, 0.6) is 11.5 Å². The Kier molecular flexibility index (Phi) is 4.24. The Morgan fingerprint density at radius 1 is 0.875 bits per heavy atom. The largest absolute Gasteiger partial charge is 0.457 e. The number of benzene rings is 2. The lowest BCUT2D eigenvalue weighted by atomic mass is 10.3. The predicted molar refractivity (Wildman–Crippen MR) is 88.6 cm³/mol. The van der Waals surface area contributed by atoms with Gasteiger partial charge in [-0.05, 0) is 36.4 Å². The third-order valence-corrected chi connectivity index (χ3v) is 3.10. The number of para-hydroxylation sites is 1. The molecule has 24 heavy (non-hydrogen) atoms. The molecule has 120 valence electrons. The van der Waals surface area contributed by atoms with E-state index in [-0.39, 0.29) is 5.69 Å². The zero-order chi connectivity index (χ0) is 16.9. The van der Waals surface area contributed by atoms with E-state index in [0.717, 1.165) is 6.07 Å². The Hall–Kier alpha value is -3.61. The van der Waals surface area contributed by atoms with Gasteiger partial charge in [0.1, 0.15) is 17.2 Å². The van der Waals surface area contributed by atoms with Crippen molar-refractivity contribution in [1.82, 2.24) is 9.97 Å². The molecule has 0 unspecified atom stereocenters. The Labute approximate surface area is 135 Å². The lowest BCUT2D eigenvalue weighted by Gasteiger charge is -2.08. The van der Waals surface area contributed by atoms with Gasteiger partial charge in [0.2, 0.25) is 0 Å². The quantitative estimate of drug-likeness (QED) is 0.684. The molecule has 0 saturated carbocycles. The second kappa shape index (κ2) is 6.66. The highest BCUT2D eigenvalue weighted by molar-refractivity contribution is 6.02. The number of carbonyl (C=O) groups excluding carboxylic acids is 1. The smallest absolute Gasteiger partial charge is 0.326 e. The van der Waals surface area contributed by atoms with Gasteiger partial charge in [-0.2, -0.15) is 0 Å². The van der Waals surface area contributed by atoms with Crippen molar-refractivity contribution in [1.29, 1.82) is 0 Å². The second-order valence-electron chi connectivity index (χ2n) is 4.90. The fraction of sp³-hybridized carbons (Fsp3) is 0. The number of amides is 1. The number of nitrogens with one attached hydrogen (secondary N) is 3. The van der Waals surface area contributed by atoms with Gasteiger partial charge < -0.3 is 15.0 Å². The van der Waals surface area contributed by atoms with Gasteiger partial charge in [-0.25, -0.2) is 4.79 Å². The number of carbonyl (C=O) groups is 1.